The number of aryl methyl sites for hydroxylation is 4. The second-order valence-corrected chi connectivity index (χ2v) is 9.42. The number of anilines is 1. The van der Waals surface area contributed by atoms with E-state index in [1.54, 1.807) is 0 Å². The number of carbonyl (C=O) groups excluding carboxylic acids is 1. The highest BCUT2D eigenvalue weighted by molar-refractivity contribution is 7.17. The van der Waals surface area contributed by atoms with E-state index < -0.39 is 0 Å². The molecule has 0 bridgehead atoms. The number of rotatable bonds is 4. The van der Waals surface area contributed by atoms with Gasteiger partial charge in [-0.15, -0.1) is 11.3 Å². The van der Waals surface area contributed by atoms with E-state index in [0.717, 1.165) is 40.8 Å². The van der Waals surface area contributed by atoms with Crippen LogP contribution in [0.25, 0.3) is 21.3 Å². The van der Waals surface area contributed by atoms with Gasteiger partial charge in [0.05, 0.1) is 11.7 Å². The molecule has 4 aromatic rings. The number of nitrogens with zero attached hydrogens (tertiary/aromatic N) is 2. The highest BCUT2D eigenvalue weighted by Crippen LogP contribution is 2.33. The maximum Gasteiger partial charge on any atom is 0.263 e. The van der Waals surface area contributed by atoms with Gasteiger partial charge < -0.3 is 5.32 Å². The molecular formula is C26H25N3O2S. The van der Waals surface area contributed by atoms with Crippen molar-refractivity contribution in [2.75, 3.05) is 5.32 Å². The number of aromatic nitrogens is 2. The molecule has 0 saturated carbocycles. The molecule has 1 N–H and O–H groups in total. The zero-order chi connectivity index (χ0) is 22.2. The van der Waals surface area contributed by atoms with Gasteiger partial charge in [-0.3, -0.25) is 14.2 Å². The zero-order valence-electron chi connectivity index (χ0n) is 18.3. The third-order valence-electron chi connectivity index (χ3n) is 6.20. The Labute approximate surface area is 190 Å². The summed E-state index contributed by atoms with van der Waals surface area (Å²) >= 11 is 1.47. The predicted molar refractivity (Wildman–Crippen MR) is 131 cm³/mol. The van der Waals surface area contributed by atoms with Crippen LogP contribution in [0.1, 0.15) is 35.1 Å². The Morgan fingerprint density at radius 2 is 1.91 bits per heavy atom. The molecule has 1 aliphatic carbocycles. The van der Waals surface area contributed by atoms with Gasteiger partial charge in [-0.25, -0.2) is 4.98 Å². The highest BCUT2D eigenvalue weighted by atomic mass is 32.1. The maximum atomic E-state index is 13.3. The molecule has 0 saturated heterocycles. The second-order valence-electron chi connectivity index (χ2n) is 8.56. The van der Waals surface area contributed by atoms with Crippen molar-refractivity contribution in [3.05, 3.63) is 80.7 Å². The summed E-state index contributed by atoms with van der Waals surface area (Å²) in [6.07, 6.45) is 6.15. The average Bonchev–Trinajstić information content (AvgIpc) is 3.23. The first-order valence-electron chi connectivity index (χ1n) is 11.0. The van der Waals surface area contributed by atoms with Crippen LogP contribution in [-0.4, -0.2) is 15.5 Å². The van der Waals surface area contributed by atoms with Gasteiger partial charge in [0, 0.05) is 16.6 Å². The first-order chi connectivity index (χ1) is 15.5. The van der Waals surface area contributed by atoms with Crippen molar-refractivity contribution in [2.45, 2.75) is 46.1 Å². The number of nitrogens with one attached hydrogen (secondary N) is 1. The quantitative estimate of drug-likeness (QED) is 0.468. The van der Waals surface area contributed by atoms with Gasteiger partial charge in [0.1, 0.15) is 11.4 Å². The molecule has 2 heterocycles. The molecule has 0 spiro atoms. The fourth-order valence-electron chi connectivity index (χ4n) is 4.41. The monoisotopic (exact) mass is 443 g/mol. The first kappa shape index (κ1) is 20.6. The standard InChI is InChI=1S/C26H25N3O2S/c1-16-7-8-17(2)22(11-16)28-23(30)13-29-15-27-25-24(26(29)31)21(14-32-25)20-10-9-18-5-3-4-6-19(18)12-20/h7-12,14-15H,3-6,13H2,1-2H3,(H,28,30). The number of thiophene rings is 1. The molecule has 2 aromatic heterocycles. The molecule has 0 unspecified atom stereocenters. The van der Waals surface area contributed by atoms with Crippen LogP contribution in [0.4, 0.5) is 5.69 Å². The Morgan fingerprint density at radius 1 is 1.09 bits per heavy atom. The molecule has 0 atom stereocenters. The maximum absolute atomic E-state index is 13.3. The summed E-state index contributed by atoms with van der Waals surface area (Å²) in [6, 6.07) is 12.4. The van der Waals surface area contributed by atoms with Crippen molar-refractivity contribution in [1.29, 1.82) is 0 Å². The normalized spacial score (nSPS) is 13.2. The number of carbonyl (C=O) groups is 1. The third-order valence-corrected chi connectivity index (χ3v) is 7.09. The smallest absolute Gasteiger partial charge is 0.263 e. The molecule has 0 fully saturated rings. The van der Waals surface area contributed by atoms with Crippen molar-refractivity contribution in [3.63, 3.8) is 0 Å². The Balaban J connectivity index is 1.47. The van der Waals surface area contributed by atoms with E-state index in [9.17, 15) is 9.59 Å². The van der Waals surface area contributed by atoms with Crippen LogP contribution in [0, 0.1) is 13.8 Å². The van der Waals surface area contributed by atoms with E-state index >= 15 is 0 Å². The largest absolute Gasteiger partial charge is 0.324 e. The van der Waals surface area contributed by atoms with Crippen molar-refractivity contribution in [2.24, 2.45) is 0 Å². The summed E-state index contributed by atoms with van der Waals surface area (Å²) in [5.74, 6) is -0.243. The fraction of sp³-hybridized carbons (Fsp3) is 0.269. The summed E-state index contributed by atoms with van der Waals surface area (Å²) in [5.41, 5.74) is 7.39. The minimum atomic E-state index is -0.243. The first-order valence-corrected chi connectivity index (χ1v) is 11.8. The van der Waals surface area contributed by atoms with Crippen LogP contribution < -0.4 is 10.9 Å². The molecule has 1 amide bonds. The number of amides is 1. The van der Waals surface area contributed by atoms with E-state index in [-0.39, 0.29) is 18.0 Å². The van der Waals surface area contributed by atoms with Gasteiger partial charge in [-0.2, -0.15) is 0 Å². The lowest BCUT2D eigenvalue weighted by atomic mass is 9.89. The van der Waals surface area contributed by atoms with E-state index in [4.69, 9.17) is 0 Å². The summed E-state index contributed by atoms with van der Waals surface area (Å²) in [7, 11) is 0. The van der Waals surface area contributed by atoms with Crippen molar-refractivity contribution in [3.8, 4) is 11.1 Å². The number of fused-ring (bicyclic) bond motifs is 2. The molecule has 32 heavy (non-hydrogen) atoms. The average molecular weight is 444 g/mol. The molecular weight excluding hydrogens is 418 g/mol. The zero-order valence-corrected chi connectivity index (χ0v) is 19.1. The van der Waals surface area contributed by atoms with Crippen molar-refractivity contribution in [1.82, 2.24) is 9.55 Å². The fourth-order valence-corrected chi connectivity index (χ4v) is 5.32. The van der Waals surface area contributed by atoms with Gasteiger partial charge in [-0.05, 0) is 73.4 Å². The SMILES string of the molecule is Cc1ccc(C)c(NC(=O)Cn2cnc3scc(-c4ccc5c(c4)CCCC5)c3c2=O)c1. The van der Waals surface area contributed by atoms with Crippen LogP contribution in [0.15, 0.2) is 52.9 Å². The molecule has 2 aromatic carbocycles. The van der Waals surface area contributed by atoms with E-state index in [1.165, 1.54) is 46.2 Å². The molecule has 0 radical (unpaired) electrons. The van der Waals surface area contributed by atoms with Gasteiger partial charge in [-0.1, -0.05) is 30.3 Å². The minimum absolute atomic E-state index is 0.0748. The summed E-state index contributed by atoms with van der Waals surface area (Å²) in [4.78, 5) is 31.2. The summed E-state index contributed by atoms with van der Waals surface area (Å²) < 4.78 is 1.40. The Bertz CT molecular complexity index is 1400. The molecule has 1 aliphatic rings. The van der Waals surface area contributed by atoms with Crippen LogP contribution >= 0.6 is 11.3 Å². The lowest BCUT2D eigenvalue weighted by molar-refractivity contribution is -0.116. The molecule has 5 rings (SSSR count). The van der Waals surface area contributed by atoms with Crippen LogP contribution in [0.3, 0.4) is 0 Å². The lowest BCUT2D eigenvalue weighted by Gasteiger charge is -2.16. The van der Waals surface area contributed by atoms with Gasteiger partial charge in [0.2, 0.25) is 5.91 Å². The Morgan fingerprint density at radius 3 is 2.75 bits per heavy atom. The second kappa shape index (κ2) is 8.36. The minimum Gasteiger partial charge on any atom is -0.324 e. The Kier molecular flexibility index (Phi) is 5.39. The number of benzene rings is 2. The van der Waals surface area contributed by atoms with E-state index in [2.05, 4.69) is 28.5 Å². The van der Waals surface area contributed by atoms with Gasteiger partial charge in [0.15, 0.2) is 0 Å². The summed E-state index contributed by atoms with van der Waals surface area (Å²) in [6.45, 7) is 3.86. The number of hydrogen-bond donors (Lipinski definition) is 1. The summed E-state index contributed by atoms with van der Waals surface area (Å²) in [5, 5.41) is 5.52. The highest BCUT2D eigenvalue weighted by Gasteiger charge is 2.17. The topological polar surface area (TPSA) is 64.0 Å². The Hall–Kier alpha value is -3.25. The van der Waals surface area contributed by atoms with Crippen LogP contribution in [-0.2, 0) is 24.2 Å². The molecule has 5 nitrogen and oxygen atoms in total. The van der Waals surface area contributed by atoms with E-state index in [1.807, 2.05) is 37.4 Å². The van der Waals surface area contributed by atoms with Gasteiger partial charge >= 0.3 is 0 Å². The van der Waals surface area contributed by atoms with Crippen molar-refractivity contribution < 1.29 is 4.79 Å². The molecule has 0 aliphatic heterocycles. The molecule has 162 valence electrons. The van der Waals surface area contributed by atoms with Crippen molar-refractivity contribution >= 4 is 33.1 Å². The lowest BCUT2D eigenvalue weighted by Crippen LogP contribution is -2.28. The van der Waals surface area contributed by atoms with Crippen LogP contribution in [0.2, 0.25) is 0 Å². The molecule has 6 heteroatoms. The van der Waals surface area contributed by atoms with Crippen LogP contribution in [0.5, 0.6) is 0 Å². The third kappa shape index (κ3) is 3.86. The van der Waals surface area contributed by atoms with E-state index in [0.29, 0.717) is 10.2 Å². The van der Waals surface area contributed by atoms with Gasteiger partial charge in [0.25, 0.3) is 5.56 Å². The predicted octanol–water partition coefficient (Wildman–Crippen LogP) is 5.26. The number of hydrogen-bond acceptors (Lipinski definition) is 4.